The summed E-state index contributed by atoms with van der Waals surface area (Å²) in [7, 11) is 0. The molecule has 0 aromatic carbocycles. The fourth-order valence-corrected chi connectivity index (χ4v) is 4.13. The molecular formula is C16H21NO3S. The minimum Gasteiger partial charge on any atom is -0.458 e. The molecule has 0 saturated carbocycles. The third-order valence-electron chi connectivity index (χ3n) is 4.65. The molecule has 1 aromatic rings. The van der Waals surface area contributed by atoms with E-state index in [4.69, 9.17) is 4.74 Å². The number of fused-ring (bicyclic) bond motifs is 3. The average molecular weight is 307 g/mol. The highest BCUT2D eigenvalue weighted by molar-refractivity contribution is 7.10. The second-order valence-electron chi connectivity index (χ2n) is 6.05. The van der Waals surface area contributed by atoms with Gasteiger partial charge in [-0.25, -0.2) is 4.79 Å². The quantitative estimate of drug-likeness (QED) is 0.684. The number of thiophene rings is 1. The maximum absolute atomic E-state index is 12.6. The molecule has 2 bridgehead atoms. The van der Waals surface area contributed by atoms with Gasteiger partial charge in [-0.15, -0.1) is 11.3 Å². The Hall–Kier alpha value is -1.17. The number of hydrogen-bond donors (Lipinski definition) is 1. The molecule has 1 aromatic heterocycles. The van der Waals surface area contributed by atoms with Crippen LogP contribution in [0.3, 0.4) is 0 Å². The van der Waals surface area contributed by atoms with Crippen LogP contribution in [0, 0.1) is 5.92 Å². The number of aliphatic hydroxyl groups is 1. The summed E-state index contributed by atoms with van der Waals surface area (Å²) in [5.41, 5.74) is -1.32. The SMILES string of the molecule is C=C(C)[C@@](O)(C(=O)O[C@@H]1CN2CCC1CC2)c1cccs1. The zero-order chi connectivity index (χ0) is 15.0. The zero-order valence-electron chi connectivity index (χ0n) is 12.2. The van der Waals surface area contributed by atoms with Gasteiger partial charge >= 0.3 is 5.97 Å². The molecule has 0 aliphatic carbocycles. The molecule has 3 aliphatic heterocycles. The van der Waals surface area contributed by atoms with Gasteiger partial charge in [0.1, 0.15) is 6.10 Å². The van der Waals surface area contributed by atoms with Crippen molar-refractivity contribution in [1.82, 2.24) is 4.90 Å². The smallest absolute Gasteiger partial charge is 0.348 e. The van der Waals surface area contributed by atoms with E-state index < -0.39 is 11.6 Å². The van der Waals surface area contributed by atoms with Crippen LogP contribution >= 0.6 is 11.3 Å². The number of rotatable bonds is 4. The van der Waals surface area contributed by atoms with Gasteiger partial charge in [0, 0.05) is 6.54 Å². The van der Waals surface area contributed by atoms with E-state index in [2.05, 4.69) is 11.5 Å². The predicted molar refractivity (Wildman–Crippen MR) is 82.1 cm³/mol. The number of esters is 1. The van der Waals surface area contributed by atoms with Gasteiger partial charge in [-0.1, -0.05) is 12.6 Å². The monoisotopic (exact) mass is 307 g/mol. The van der Waals surface area contributed by atoms with Gasteiger partial charge in [0.25, 0.3) is 0 Å². The maximum Gasteiger partial charge on any atom is 0.348 e. The highest BCUT2D eigenvalue weighted by Gasteiger charge is 2.45. The third-order valence-corrected chi connectivity index (χ3v) is 5.62. The van der Waals surface area contributed by atoms with Crippen LogP contribution in [0.1, 0.15) is 24.6 Å². The van der Waals surface area contributed by atoms with Crippen molar-refractivity contribution in [3.8, 4) is 0 Å². The van der Waals surface area contributed by atoms with Crippen molar-refractivity contribution in [3.05, 3.63) is 34.5 Å². The number of ether oxygens (including phenoxy) is 1. The summed E-state index contributed by atoms with van der Waals surface area (Å²) in [4.78, 5) is 15.5. The van der Waals surface area contributed by atoms with E-state index in [1.54, 1.807) is 13.0 Å². The molecule has 1 N–H and O–H groups in total. The van der Waals surface area contributed by atoms with Gasteiger partial charge in [-0.3, -0.25) is 4.90 Å². The summed E-state index contributed by atoms with van der Waals surface area (Å²) in [5.74, 6) is -0.159. The molecule has 5 heteroatoms. The number of piperidine rings is 3. The van der Waals surface area contributed by atoms with Crippen LogP contribution < -0.4 is 0 Å². The molecule has 114 valence electrons. The van der Waals surface area contributed by atoms with Crippen LogP contribution in [-0.2, 0) is 15.1 Å². The molecule has 0 amide bonds. The van der Waals surface area contributed by atoms with Crippen molar-refractivity contribution in [2.24, 2.45) is 5.92 Å². The predicted octanol–water partition coefficient (Wildman–Crippen LogP) is 2.15. The lowest BCUT2D eigenvalue weighted by molar-refractivity contribution is -0.177. The molecule has 4 nitrogen and oxygen atoms in total. The van der Waals surface area contributed by atoms with Crippen LogP contribution in [0.15, 0.2) is 29.7 Å². The van der Waals surface area contributed by atoms with Gasteiger partial charge in [0.15, 0.2) is 0 Å². The first kappa shape index (κ1) is 14.8. The Labute approximate surface area is 129 Å². The Morgan fingerprint density at radius 2 is 2.24 bits per heavy atom. The van der Waals surface area contributed by atoms with E-state index in [0.717, 1.165) is 32.5 Å². The second-order valence-corrected chi connectivity index (χ2v) is 7.00. The Morgan fingerprint density at radius 3 is 2.71 bits per heavy atom. The lowest BCUT2D eigenvalue weighted by Gasteiger charge is -2.44. The van der Waals surface area contributed by atoms with Crippen LogP contribution in [0.2, 0.25) is 0 Å². The first-order chi connectivity index (χ1) is 10.0. The topological polar surface area (TPSA) is 49.8 Å². The molecule has 4 rings (SSSR count). The van der Waals surface area contributed by atoms with Crippen molar-refractivity contribution >= 4 is 17.3 Å². The third kappa shape index (κ3) is 2.54. The zero-order valence-corrected chi connectivity index (χ0v) is 13.1. The molecule has 0 radical (unpaired) electrons. The fourth-order valence-electron chi connectivity index (χ4n) is 3.24. The minimum absolute atomic E-state index is 0.106. The Kier molecular flexibility index (Phi) is 3.90. The van der Waals surface area contributed by atoms with E-state index in [1.165, 1.54) is 11.3 Å². The Balaban J connectivity index is 1.78. The van der Waals surface area contributed by atoms with E-state index in [1.807, 2.05) is 11.4 Å². The number of carbonyl (C=O) groups is 1. The highest BCUT2D eigenvalue weighted by atomic mass is 32.1. The fraction of sp³-hybridized carbons (Fsp3) is 0.562. The van der Waals surface area contributed by atoms with Gasteiger partial charge < -0.3 is 9.84 Å². The van der Waals surface area contributed by atoms with E-state index in [0.29, 0.717) is 16.4 Å². The highest BCUT2D eigenvalue weighted by Crippen LogP contribution is 2.36. The largest absolute Gasteiger partial charge is 0.458 e. The van der Waals surface area contributed by atoms with Crippen LogP contribution in [0.4, 0.5) is 0 Å². The van der Waals surface area contributed by atoms with Crippen LogP contribution in [0.5, 0.6) is 0 Å². The molecule has 3 saturated heterocycles. The standard InChI is InChI=1S/C16H21NO3S/c1-11(2)16(19,14-4-3-9-21-14)15(18)20-13-10-17-7-5-12(13)6-8-17/h3-4,9,12-13,19H,1,5-8,10H2,2H3/t13-,16+/m1/s1. The number of carbonyl (C=O) groups excluding carboxylic acids is 1. The summed E-state index contributed by atoms with van der Waals surface area (Å²) in [6, 6.07) is 3.56. The molecule has 0 spiro atoms. The molecule has 4 heterocycles. The van der Waals surface area contributed by atoms with Crippen molar-refractivity contribution in [3.63, 3.8) is 0 Å². The van der Waals surface area contributed by atoms with E-state index in [9.17, 15) is 9.90 Å². The Bertz CT molecular complexity index is 534. The molecule has 3 fully saturated rings. The van der Waals surface area contributed by atoms with E-state index >= 15 is 0 Å². The molecule has 0 unspecified atom stereocenters. The van der Waals surface area contributed by atoms with Gasteiger partial charge in [0.2, 0.25) is 5.60 Å². The average Bonchev–Trinajstić information content (AvgIpc) is 3.02. The van der Waals surface area contributed by atoms with Crippen molar-refractivity contribution in [1.29, 1.82) is 0 Å². The van der Waals surface area contributed by atoms with Crippen molar-refractivity contribution in [2.75, 3.05) is 19.6 Å². The molecule has 21 heavy (non-hydrogen) atoms. The first-order valence-corrected chi connectivity index (χ1v) is 8.25. The van der Waals surface area contributed by atoms with E-state index in [-0.39, 0.29) is 6.10 Å². The molecular weight excluding hydrogens is 286 g/mol. The number of nitrogens with zero attached hydrogens (tertiary/aromatic N) is 1. The van der Waals surface area contributed by atoms with Gasteiger partial charge in [0.05, 0.1) is 4.88 Å². The van der Waals surface area contributed by atoms with Gasteiger partial charge in [-0.05, 0) is 55.8 Å². The van der Waals surface area contributed by atoms with Crippen molar-refractivity contribution in [2.45, 2.75) is 31.5 Å². The van der Waals surface area contributed by atoms with Crippen molar-refractivity contribution < 1.29 is 14.6 Å². The molecule has 3 aliphatic rings. The summed E-state index contributed by atoms with van der Waals surface area (Å²) >= 11 is 1.34. The summed E-state index contributed by atoms with van der Waals surface area (Å²) < 4.78 is 5.69. The minimum atomic E-state index is -1.72. The summed E-state index contributed by atoms with van der Waals surface area (Å²) in [6.07, 6.45) is 2.04. The lowest BCUT2D eigenvalue weighted by atomic mass is 9.85. The van der Waals surface area contributed by atoms with Crippen LogP contribution in [0.25, 0.3) is 0 Å². The second kappa shape index (κ2) is 5.55. The van der Waals surface area contributed by atoms with Gasteiger partial charge in [-0.2, -0.15) is 0 Å². The normalized spacial score (nSPS) is 30.7. The molecule has 2 atom stereocenters. The first-order valence-electron chi connectivity index (χ1n) is 7.37. The van der Waals surface area contributed by atoms with Crippen LogP contribution in [-0.4, -0.2) is 41.7 Å². The number of hydrogen-bond acceptors (Lipinski definition) is 5. The Morgan fingerprint density at radius 1 is 1.52 bits per heavy atom. The lowest BCUT2D eigenvalue weighted by Crippen LogP contribution is -2.53. The summed E-state index contributed by atoms with van der Waals surface area (Å²) in [5, 5.41) is 12.7. The maximum atomic E-state index is 12.6. The summed E-state index contributed by atoms with van der Waals surface area (Å²) in [6.45, 7) is 8.42.